The van der Waals surface area contributed by atoms with Gasteiger partial charge in [-0.2, -0.15) is 14.7 Å². The lowest BCUT2D eigenvalue weighted by atomic mass is 10.2. The lowest BCUT2D eigenvalue weighted by Gasteiger charge is -2.09. The third-order valence-corrected chi connectivity index (χ3v) is 4.80. The molecule has 10 heteroatoms. The molecule has 0 bridgehead atoms. The highest BCUT2D eigenvalue weighted by molar-refractivity contribution is 7.99. The van der Waals surface area contributed by atoms with Crippen molar-refractivity contribution in [1.29, 1.82) is 0 Å². The normalized spacial score (nSPS) is 11.2. The third kappa shape index (κ3) is 4.28. The first-order chi connectivity index (χ1) is 11.2. The van der Waals surface area contributed by atoms with E-state index in [1.165, 1.54) is 19.2 Å². The zero-order valence-electron chi connectivity index (χ0n) is 12.3. The van der Waals surface area contributed by atoms with Crippen molar-refractivity contribution < 1.29 is 29.1 Å². The number of nitrogens with zero attached hydrogens (tertiary/aromatic N) is 1. The molecule has 2 rings (SSSR count). The van der Waals surface area contributed by atoms with E-state index >= 15 is 0 Å². The Balaban J connectivity index is 2.48. The van der Waals surface area contributed by atoms with Crippen LogP contribution in [0.5, 0.6) is 5.75 Å². The van der Waals surface area contributed by atoms with Crippen LogP contribution in [0.4, 0.5) is 5.69 Å². The Morgan fingerprint density at radius 3 is 2.50 bits per heavy atom. The molecule has 0 saturated carbocycles. The van der Waals surface area contributed by atoms with E-state index in [2.05, 4.69) is 0 Å². The van der Waals surface area contributed by atoms with E-state index in [0.717, 1.165) is 17.8 Å². The fraction of sp³-hybridized carbons (Fsp3) is 0.0714. The van der Waals surface area contributed by atoms with Crippen LogP contribution in [0.3, 0.4) is 0 Å². The van der Waals surface area contributed by atoms with E-state index < -0.39 is 24.1 Å². The molecule has 3 N–H and O–H groups in total. The molecule has 2 aromatic carbocycles. The molecule has 0 saturated heterocycles. The number of carbonyl (C=O) groups is 1. The van der Waals surface area contributed by atoms with E-state index in [1.54, 1.807) is 24.3 Å². The van der Waals surface area contributed by atoms with Gasteiger partial charge in [-0.3, -0.25) is 10.1 Å². The van der Waals surface area contributed by atoms with Gasteiger partial charge in [0.2, 0.25) is 0 Å². The minimum absolute atomic E-state index is 0.236. The van der Waals surface area contributed by atoms with Gasteiger partial charge in [0.25, 0.3) is 5.69 Å². The summed E-state index contributed by atoms with van der Waals surface area (Å²) >= 11 is 1.07. The average molecular weight is 370 g/mol. The van der Waals surface area contributed by atoms with Gasteiger partial charge in [0.1, 0.15) is 5.75 Å². The largest absolute Gasteiger partial charge is 0.497 e. The van der Waals surface area contributed by atoms with Crippen LogP contribution in [-0.4, -0.2) is 32.2 Å². The first kappa shape index (κ1) is 18.3. The van der Waals surface area contributed by atoms with Crippen molar-refractivity contribution in [2.45, 2.75) is 9.79 Å². The summed E-state index contributed by atoms with van der Waals surface area (Å²) in [5, 5.41) is 10.9. The predicted octanol–water partition coefficient (Wildman–Crippen LogP) is 2.63. The number of nitro groups is 1. The number of methoxy groups -OCH3 is 1. The number of rotatable bonds is 6. The minimum atomic E-state index is -4.83. The van der Waals surface area contributed by atoms with Crippen molar-refractivity contribution in [3.63, 3.8) is 0 Å². The number of carbonyl (C=O) groups excluding carboxylic acids is 1. The monoisotopic (exact) mass is 370 g/mol. The van der Waals surface area contributed by atoms with E-state index in [0.29, 0.717) is 10.6 Å². The van der Waals surface area contributed by atoms with Gasteiger partial charge in [-0.25, -0.2) is 4.79 Å². The standard InChI is InChI=1S/C14H13NO7PS/c1-22-10-3-2-4-11(8-10)24-13-6-5-9(15(17)18)7-12(13)14(16)23(19,20)21/h2-8,19-21H,1H3/q+1. The van der Waals surface area contributed by atoms with Gasteiger partial charge in [0, 0.05) is 21.9 Å². The Hall–Kier alpha value is -2.03. The summed E-state index contributed by atoms with van der Waals surface area (Å²) in [6.45, 7) is 0. The lowest BCUT2D eigenvalue weighted by molar-refractivity contribution is -0.384. The lowest BCUT2D eigenvalue weighted by Crippen LogP contribution is -2.07. The molecule has 2 aromatic rings. The third-order valence-electron chi connectivity index (χ3n) is 2.95. The van der Waals surface area contributed by atoms with Crippen molar-refractivity contribution in [2.75, 3.05) is 7.11 Å². The van der Waals surface area contributed by atoms with E-state index in [-0.39, 0.29) is 10.5 Å². The maximum Gasteiger partial charge on any atom is 0.483 e. The Morgan fingerprint density at radius 1 is 1.21 bits per heavy atom. The molecule has 0 atom stereocenters. The highest BCUT2D eigenvalue weighted by atomic mass is 32.2. The summed E-state index contributed by atoms with van der Waals surface area (Å²) in [5.41, 5.74) is -2.09. The Kier molecular flexibility index (Phi) is 5.53. The van der Waals surface area contributed by atoms with Crippen molar-refractivity contribution in [3.8, 4) is 5.75 Å². The molecule has 0 amide bonds. The van der Waals surface area contributed by atoms with E-state index in [4.69, 9.17) is 4.74 Å². The molecule has 0 radical (unpaired) electrons. The van der Waals surface area contributed by atoms with E-state index in [9.17, 15) is 29.6 Å². The summed E-state index contributed by atoms with van der Waals surface area (Å²) in [7, 11) is -3.33. The number of nitro benzene ring substituents is 1. The van der Waals surface area contributed by atoms with Gasteiger partial charge in [-0.15, -0.1) is 0 Å². The number of ether oxygens (including phenoxy) is 1. The van der Waals surface area contributed by atoms with Crippen LogP contribution in [0.25, 0.3) is 0 Å². The Labute approximate surface area is 141 Å². The van der Waals surface area contributed by atoms with Gasteiger partial charge in [-0.1, -0.05) is 17.8 Å². The van der Waals surface area contributed by atoms with Crippen molar-refractivity contribution >= 4 is 30.9 Å². The maximum absolute atomic E-state index is 12.0. The van der Waals surface area contributed by atoms with Gasteiger partial charge >= 0.3 is 13.5 Å². The fourth-order valence-electron chi connectivity index (χ4n) is 1.84. The van der Waals surface area contributed by atoms with Crippen LogP contribution in [0.1, 0.15) is 10.4 Å². The zero-order chi connectivity index (χ0) is 17.9. The average Bonchev–Trinajstić information content (AvgIpc) is 2.53. The molecule has 0 aromatic heterocycles. The predicted molar refractivity (Wildman–Crippen MR) is 88.1 cm³/mol. The molecule has 24 heavy (non-hydrogen) atoms. The molecule has 0 fully saturated rings. The highest BCUT2D eigenvalue weighted by Gasteiger charge is 2.45. The number of non-ortho nitro benzene ring substituents is 1. The molecule has 0 aliphatic rings. The van der Waals surface area contributed by atoms with Crippen LogP contribution in [-0.2, 0) is 0 Å². The van der Waals surface area contributed by atoms with Crippen LogP contribution in [0.15, 0.2) is 52.3 Å². The van der Waals surface area contributed by atoms with Gasteiger partial charge in [0.05, 0.1) is 17.6 Å². The van der Waals surface area contributed by atoms with Gasteiger partial charge in [0.15, 0.2) is 0 Å². The molecule has 0 aliphatic carbocycles. The van der Waals surface area contributed by atoms with Crippen molar-refractivity contribution in [2.24, 2.45) is 0 Å². The molecule has 126 valence electrons. The zero-order valence-corrected chi connectivity index (χ0v) is 14.0. The quantitative estimate of drug-likeness (QED) is 0.402. The molecule has 0 spiro atoms. The second kappa shape index (κ2) is 7.25. The highest BCUT2D eigenvalue weighted by Crippen LogP contribution is 2.50. The first-order valence-corrected chi connectivity index (χ1v) is 8.91. The van der Waals surface area contributed by atoms with Crippen molar-refractivity contribution in [1.82, 2.24) is 0 Å². The van der Waals surface area contributed by atoms with Crippen LogP contribution in [0.2, 0.25) is 0 Å². The SMILES string of the molecule is COc1cccc(Sc2ccc([N+](=O)[O-])cc2C(=O)[P+](O)(O)O)c1. The van der Waals surface area contributed by atoms with Gasteiger partial charge in [-0.05, 0) is 24.3 Å². The summed E-state index contributed by atoms with van der Waals surface area (Å²) < 4.78 is 5.09. The Bertz CT molecular complexity index is 791. The van der Waals surface area contributed by atoms with Crippen LogP contribution < -0.4 is 4.74 Å². The van der Waals surface area contributed by atoms with Crippen molar-refractivity contribution in [3.05, 3.63) is 58.1 Å². The summed E-state index contributed by atoms with van der Waals surface area (Å²) in [6, 6.07) is 10.2. The number of hydrogen-bond acceptors (Lipinski definition) is 8. The minimum Gasteiger partial charge on any atom is -0.497 e. The molecular weight excluding hydrogens is 357 g/mol. The Morgan fingerprint density at radius 2 is 1.92 bits per heavy atom. The van der Waals surface area contributed by atoms with E-state index in [1.807, 2.05) is 0 Å². The summed E-state index contributed by atoms with van der Waals surface area (Å²) in [4.78, 5) is 50.7. The molecule has 0 unspecified atom stereocenters. The fourth-order valence-corrected chi connectivity index (χ4v) is 3.40. The molecule has 0 aliphatic heterocycles. The molecule has 0 heterocycles. The number of benzene rings is 2. The summed E-state index contributed by atoms with van der Waals surface area (Å²) in [5.74, 6) is 0.572. The molecular formula is C14H13NO7PS+. The van der Waals surface area contributed by atoms with Crippen LogP contribution >= 0.6 is 19.7 Å². The first-order valence-electron chi connectivity index (χ1n) is 6.45. The second-order valence-electron chi connectivity index (χ2n) is 4.59. The smallest absolute Gasteiger partial charge is 0.483 e. The second-order valence-corrected chi connectivity index (χ2v) is 7.25. The maximum atomic E-state index is 12.0. The van der Waals surface area contributed by atoms with Gasteiger partial charge < -0.3 is 4.74 Å². The topological polar surface area (TPSA) is 130 Å². The van der Waals surface area contributed by atoms with Crippen LogP contribution in [0, 0.1) is 10.1 Å². The molecule has 8 nitrogen and oxygen atoms in total. The summed E-state index contributed by atoms with van der Waals surface area (Å²) in [6.07, 6.45) is 0. The number of hydrogen-bond donors (Lipinski definition) is 3.